The summed E-state index contributed by atoms with van der Waals surface area (Å²) in [6.07, 6.45) is 0. The highest BCUT2D eigenvalue weighted by Crippen LogP contribution is 2.45. The number of aliphatic imine (C=N–C) groups is 1. The van der Waals surface area contributed by atoms with Crippen LogP contribution in [0, 0.1) is 37.3 Å². The first-order chi connectivity index (χ1) is 17.8. The van der Waals surface area contributed by atoms with Crippen LogP contribution in [0.4, 0.5) is 34.1 Å². The largest absolute Gasteiger partial charge is 0.307 e. The van der Waals surface area contributed by atoms with Crippen molar-refractivity contribution in [2.75, 3.05) is 4.90 Å². The molecule has 11 heteroatoms. The van der Waals surface area contributed by atoms with Gasteiger partial charge in [0.25, 0.3) is 5.69 Å². The lowest BCUT2D eigenvalue weighted by Gasteiger charge is -2.26. The number of nitrogens with zero attached hydrogens (tertiary/aromatic N) is 5. The minimum absolute atomic E-state index is 0.149. The van der Waals surface area contributed by atoms with Gasteiger partial charge in [-0.3, -0.25) is 35.2 Å². The fourth-order valence-electron chi connectivity index (χ4n) is 3.71. The van der Waals surface area contributed by atoms with Crippen LogP contribution in [0.3, 0.4) is 0 Å². The summed E-state index contributed by atoms with van der Waals surface area (Å²) >= 11 is 0. The van der Waals surface area contributed by atoms with E-state index < -0.39 is 37.5 Å². The van der Waals surface area contributed by atoms with Crippen LogP contribution < -0.4 is 4.90 Å². The van der Waals surface area contributed by atoms with E-state index in [1.165, 1.54) is 4.90 Å². The number of amidine groups is 1. The number of hydrogen-bond acceptors (Lipinski definition) is 7. The molecule has 0 amide bonds. The maximum absolute atomic E-state index is 12.2. The molecule has 0 heterocycles. The fourth-order valence-corrected chi connectivity index (χ4v) is 3.71. The third kappa shape index (κ3) is 5.30. The molecule has 0 unspecified atom stereocenters. The van der Waals surface area contributed by atoms with Crippen molar-refractivity contribution in [1.29, 1.82) is 0 Å². The molecule has 0 spiro atoms. The Morgan fingerprint density at radius 3 is 1.70 bits per heavy atom. The molecular weight excluding hydrogens is 478 g/mol. The standard InChI is InChI=1S/C26H19N5O6/c1-18-12-14-21(15-13-18)28(25-23(30(34)35)16-22(29(32)33)17-24(25)31(36)37)26(19-8-4-2-5-9-19)27-20-10-6-3-7-11-20/h2-17H,1H3. The summed E-state index contributed by atoms with van der Waals surface area (Å²) in [5, 5.41) is 35.8. The maximum atomic E-state index is 12.2. The summed E-state index contributed by atoms with van der Waals surface area (Å²) in [5.74, 6) is 0.149. The topological polar surface area (TPSA) is 145 Å². The van der Waals surface area contributed by atoms with Gasteiger partial charge >= 0.3 is 11.4 Å². The highest BCUT2D eigenvalue weighted by Gasteiger charge is 2.37. The highest BCUT2D eigenvalue weighted by molar-refractivity contribution is 6.17. The number of aryl methyl sites for hydroxylation is 1. The van der Waals surface area contributed by atoms with E-state index in [-0.39, 0.29) is 5.84 Å². The summed E-state index contributed by atoms with van der Waals surface area (Å²) in [7, 11) is 0. The molecular formula is C26H19N5O6. The SMILES string of the molecule is Cc1ccc(N(C(=Nc2ccccc2)c2ccccc2)c2c([N+](=O)[O-])cc([N+](=O)[O-])cc2[N+](=O)[O-])cc1. The van der Waals surface area contributed by atoms with Crippen LogP contribution in [0.1, 0.15) is 11.1 Å². The number of hydrogen-bond donors (Lipinski definition) is 0. The van der Waals surface area contributed by atoms with Crippen molar-refractivity contribution in [2.45, 2.75) is 6.92 Å². The van der Waals surface area contributed by atoms with Gasteiger partial charge in [0, 0.05) is 11.3 Å². The molecule has 0 aliphatic carbocycles. The first-order valence-corrected chi connectivity index (χ1v) is 10.9. The van der Waals surface area contributed by atoms with Gasteiger partial charge in [-0.25, -0.2) is 4.99 Å². The van der Waals surface area contributed by atoms with Crippen molar-refractivity contribution in [1.82, 2.24) is 0 Å². The van der Waals surface area contributed by atoms with Crippen molar-refractivity contribution < 1.29 is 14.8 Å². The second-order valence-corrected chi connectivity index (χ2v) is 7.91. The molecule has 0 aliphatic heterocycles. The van der Waals surface area contributed by atoms with E-state index in [2.05, 4.69) is 0 Å². The molecule has 0 radical (unpaired) electrons. The van der Waals surface area contributed by atoms with Crippen LogP contribution in [-0.2, 0) is 0 Å². The molecule has 4 rings (SSSR count). The van der Waals surface area contributed by atoms with Gasteiger partial charge < -0.3 is 0 Å². The number of nitro benzene ring substituents is 3. The molecule has 0 fully saturated rings. The second kappa shape index (κ2) is 10.4. The van der Waals surface area contributed by atoms with Gasteiger partial charge in [0.1, 0.15) is 5.84 Å². The molecule has 0 saturated heterocycles. The molecule has 0 aromatic heterocycles. The lowest BCUT2D eigenvalue weighted by molar-refractivity contribution is -0.402. The van der Waals surface area contributed by atoms with Gasteiger partial charge in [0.2, 0.25) is 5.69 Å². The Bertz CT molecular complexity index is 1470. The highest BCUT2D eigenvalue weighted by atomic mass is 16.6. The van der Waals surface area contributed by atoms with E-state index in [4.69, 9.17) is 4.99 Å². The normalized spacial score (nSPS) is 11.1. The summed E-state index contributed by atoms with van der Waals surface area (Å²) in [6.45, 7) is 1.85. The number of anilines is 2. The van der Waals surface area contributed by atoms with Crippen molar-refractivity contribution in [3.05, 3.63) is 139 Å². The first-order valence-electron chi connectivity index (χ1n) is 10.9. The monoisotopic (exact) mass is 497 g/mol. The average Bonchev–Trinajstić information content (AvgIpc) is 2.90. The number of para-hydroxylation sites is 1. The molecule has 4 aromatic rings. The fraction of sp³-hybridized carbons (Fsp3) is 0.0385. The predicted octanol–water partition coefficient (Wildman–Crippen LogP) is 6.64. The Hall–Kier alpha value is -5.45. The van der Waals surface area contributed by atoms with Crippen LogP contribution in [0.5, 0.6) is 0 Å². The predicted molar refractivity (Wildman–Crippen MR) is 139 cm³/mol. The Labute approximate surface area is 210 Å². The van der Waals surface area contributed by atoms with Crippen LogP contribution in [0.25, 0.3) is 0 Å². The average molecular weight is 497 g/mol. The van der Waals surface area contributed by atoms with Gasteiger partial charge in [0.05, 0.1) is 32.6 Å². The van der Waals surface area contributed by atoms with E-state index in [1.807, 2.05) is 6.92 Å². The Morgan fingerprint density at radius 1 is 0.703 bits per heavy atom. The van der Waals surface area contributed by atoms with Crippen molar-refractivity contribution in [2.24, 2.45) is 4.99 Å². The minimum Gasteiger partial charge on any atom is -0.282 e. The van der Waals surface area contributed by atoms with E-state index in [1.54, 1.807) is 84.9 Å². The zero-order chi connectivity index (χ0) is 26.5. The summed E-state index contributed by atoms with van der Waals surface area (Å²) in [6, 6.07) is 25.6. The minimum atomic E-state index is -0.907. The van der Waals surface area contributed by atoms with Gasteiger partial charge in [-0.05, 0) is 31.2 Å². The number of rotatable bonds is 7. The van der Waals surface area contributed by atoms with E-state index in [9.17, 15) is 30.3 Å². The molecule has 4 aromatic carbocycles. The lowest BCUT2D eigenvalue weighted by atomic mass is 10.1. The van der Waals surface area contributed by atoms with Crippen molar-refractivity contribution >= 4 is 40.0 Å². The molecule has 37 heavy (non-hydrogen) atoms. The summed E-state index contributed by atoms with van der Waals surface area (Å²) in [5.41, 5.74) is -0.618. The summed E-state index contributed by atoms with van der Waals surface area (Å²) in [4.78, 5) is 39.2. The zero-order valence-corrected chi connectivity index (χ0v) is 19.4. The molecule has 0 atom stereocenters. The second-order valence-electron chi connectivity index (χ2n) is 7.91. The van der Waals surface area contributed by atoms with Gasteiger partial charge in [-0.15, -0.1) is 0 Å². The van der Waals surface area contributed by atoms with Gasteiger partial charge in [0.15, 0.2) is 0 Å². The Balaban J connectivity index is 2.15. The van der Waals surface area contributed by atoms with Crippen LogP contribution in [-0.4, -0.2) is 20.6 Å². The van der Waals surface area contributed by atoms with E-state index in [0.717, 1.165) is 5.56 Å². The first kappa shape index (κ1) is 24.7. The van der Waals surface area contributed by atoms with E-state index >= 15 is 0 Å². The van der Waals surface area contributed by atoms with Crippen molar-refractivity contribution in [3.63, 3.8) is 0 Å². The van der Waals surface area contributed by atoms with E-state index in [0.29, 0.717) is 29.1 Å². The van der Waals surface area contributed by atoms with Crippen LogP contribution in [0.2, 0.25) is 0 Å². The maximum Gasteiger partial charge on any atom is 0.307 e. The Kier molecular flexibility index (Phi) is 6.96. The van der Waals surface area contributed by atoms with Gasteiger partial charge in [-0.1, -0.05) is 66.2 Å². The Morgan fingerprint density at radius 2 is 1.22 bits per heavy atom. The molecule has 0 N–H and O–H groups in total. The zero-order valence-electron chi connectivity index (χ0n) is 19.4. The lowest BCUT2D eigenvalue weighted by Crippen LogP contribution is -2.28. The molecule has 0 aliphatic rings. The summed E-state index contributed by atoms with van der Waals surface area (Å²) < 4.78 is 0. The third-order valence-electron chi connectivity index (χ3n) is 5.41. The van der Waals surface area contributed by atoms with Gasteiger partial charge in [-0.2, -0.15) is 0 Å². The number of benzene rings is 4. The molecule has 0 bridgehead atoms. The number of nitro groups is 3. The van der Waals surface area contributed by atoms with Crippen LogP contribution in [0.15, 0.2) is 102 Å². The molecule has 184 valence electrons. The molecule has 11 nitrogen and oxygen atoms in total. The number of non-ortho nitro benzene ring substituents is 1. The van der Waals surface area contributed by atoms with Crippen LogP contribution >= 0.6 is 0 Å². The quantitative estimate of drug-likeness (QED) is 0.120. The van der Waals surface area contributed by atoms with Crippen molar-refractivity contribution in [3.8, 4) is 0 Å². The smallest absolute Gasteiger partial charge is 0.282 e. The third-order valence-corrected chi connectivity index (χ3v) is 5.41. The molecule has 0 saturated carbocycles.